The number of carbonyl (C=O) groups excluding carboxylic acids is 1. The van der Waals surface area contributed by atoms with Crippen LogP contribution in [0.25, 0.3) is 10.4 Å². The first-order chi connectivity index (χ1) is 11.5. The zero-order valence-electron chi connectivity index (χ0n) is 13.8. The standard InChI is InChI=1S/C19H20ClNOS2/c1-11-5-12(2)9-21(8-11)19(22)17-6-13-10-23-16-7-14(20)3-4-15(16)18(13)24-17/h3-4,6-7,11-12H,5,8-10H2,1-2H3/t11-,12-/m1/s1. The Morgan fingerprint density at radius 2 is 1.96 bits per heavy atom. The maximum atomic E-state index is 13.0. The van der Waals surface area contributed by atoms with Gasteiger partial charge in [0.25, 0.3) is 5.91 Å². The van der Waals surface area contributed by atoms with Crippen molar-refractivity contribution in [3.63, 3.8) is 0 Å². The highest BCUT2D eigenvalue weighted by atomic mass is 35.5. The molecule has 0 aliphatic carbocycles. The maximum absolute atomic E-state index is 13.0. The van der Waals surface area contributed by atoms with Crippen LogP contribution in [0.15, 0.2) is 29.2 Å². The Bertz CT molecular complexity index is 791. The van der Waals surface area contributed by atoms with Gasteiger partial charge in [0.1, 0.15) is 0 Å². The number of piperidine rings is 1. The number of carbonyl (C=O) groups is 1. The smallest absolute Gasteiger partial charge is 0.263 e. The summed E-state index contributed by atoms with van der Waals surface area (Å²) in [5, 5.41) is 0.772. The van der Waals surface area contributed by atoms with Gasteiger partial charge in [-0.15, -0.1) is 23.1 Å². The molecule has 3 heterocycles. The van der Waals surface area contributed by atoms with Gasteiger partial charge in [0.15, 0.2) is 0 Å². The predicted molar refractivity (Wildman–Crippen MR) is 103 cm³/mol. The second-order valence-electron chi connectivity index (χ2n) is 7.05. The molecular formula is C19H20ClNOS2. The number of benzene rings is 1. The zero-order chi connectivity index (χ0) is 16.8. The van der Waals surface area contributed by atoms with Crippen LogP contribution in [0.4, 0.5) is 0 Å². The van der Waals surface area contributed by atoms with Crippen molar-refractivity contribution in [2.24, 2.45) is 11.8 Å². The first-order valence-electron chi connectivity index (χ1n) is 8.36. The predicted octanol–water partition coefficient (Wildman–Crippen LogP) is 5.79. The van der Waals surface area contributed by atoms with Gasteiger partial charge < -0.3 is 4.90 Å². The summed E-state index contributed by atoms with van der Waals surface area (Å²) in [4.78, 5) is 18.4. The van der Waals surface area contributed by atoms with Gasteiger partial charge in [0.05, 0.1) is 4.88 Å². The van der Waals surface area contributed by atoms with Crippen LogP contribution in [0.3, 0.4) is 0 Å². The quantitative estimate of drug-likeness (QED) is 0.626. The van der Waals surface area contributed by atoms with Gasteiger partial charge in [0, 0.05) is 39.2 Å². The molecule has 0 bridgehead atoms. The number of amides is 1. The van der Waals surface area contributed by atoms with Crippen molar-refractivity contribution in [2.75, 3.05) is 13.1 Å². The average Bonchev–Trinajstić information content (AvgIpc) is 2.97. The summed E-state index contributed by atoms with van der Waals surface area (Å²) in [5.41, 5.74) is 2.50. The van der Waals surface area contributed by atoms with Crippen molar-refractivity contribution in [3.05, 3.63) is 39.7 Å². The summed E-state index contributed by atoms with van der Waals surface area (Å²) in [7, 11) is 0. The van der Waals surface area contributed by atoms with Gasteiger partial charge in [-0.05, 0) is 42.0 Å². The molecule has 1 amide bonds. The number of hydrogen-bond donors (Lipinski definition) is 0. The average molecular weight is 378 g/mol. The van der Waals surface area contributed by atoms with E-state index < -0.39 is 0 Å². The number of thiophene rings is 1. The SMILES string of the molecule is C[C@@H]1C[C@@H](C)CN(C(=O)c2cc3c(s2)-c2ccc(Cl)cc2SC3)C1. The molecule has 2 aliphatic rings. The van der Waals surface area contributed by atoms with E-state index in [-0.39, 0.29) is 5.91 Å². The van der Waals surface area contributed by atoms with Gasteiger partial charge in [-0.25, -0.2) is 0 Å². The molecule has 1 saturated heterocycles. The van der Waals surface area contributed by atoms with E-state index >= 15 is 0 Å². The minimum Gasteiger partial charge on any atom is -0.337 e. The lowest BCUT2D eigenvalue weighted by Gasteiger charge is -2.34. The third-order valence-electron chi connectivity index (χ3n) is 4.75. The fraction of sp³-hybridized carbons (Fsp3) is 0.421. The molecule has 24 heavy (non-hydrogen) atoms. The van der Waals surface area contributed by atoms with E-state index in [2.05, 4.69) is 26.0 Å². The summed E-state index contributed by atoms with van der Waals surface area (Å²) >= 11 is 9.56. The van der Waals surface area contributed by atoms with E-state index in [9.17, 15) is 4.79 Å². The number of fused-ring (bicyclic) bond motifs is 3. The molecule has 2 aliphatic heterocycles. The Labute approximate surface area is 156 Å². The molecule has 5 heteroatoms. The molecule has 126 valence electrons. The van der Waals surface area contributed by atoms with E-state index in [4.69, 9.17) is 11.6 Å². The molecular weight excluding hydrogens is 358 g/mol. The lowest BCUT2D eigenvalue weighted by atomic mass is 9.92. The maximum Gasteiger partial charge on any atom is 0.263 e. The van der Waals surface area contributed by atoms with Crippen LogP contribution in [-0.4, -0.2) is 23.9 Å². The van der Waals surface area contributed by atoms with Crippen molar-refractivity contribution in [1.29, 1.82) is 0 Å². The van der Waals surface area contributed by atoms with Gasteiger partial charge in [-0.2, -0.15) is 0 Å². The van der Waals surface area contributed by atoms with E-state index in [1.165, 1.54) is 27.3 Å². The van der Waals surface area contributed by atoms with Gasteiger partial charge in [-0.3, -0.25) is 4.79 Å². The van der Waals surface area contributed by atoms with Gasteiger partial charge >= 0.3 is 0 Å². The summed E-state index contributed by atoms with van der Waals surface area (Å²) in [6.45, 7) is 6.25. The third kappa shape index (κ3) is 3.00. The third-order valence-corrected chi connectivity index (χ3v) is 7.29. The molecule has 2 atom stereocenters. The Morgan fingerprint density at radius 1 is 1.21 bits per heavy atom. The minimum absolute atomic E-state index is 0.202. The monoisotopic (exact) mass is 377 g/mol. The van der Waals surface area contributed by atoms with Crippen LogP contribution in [-0.2, 0) is 5.75 Å². The minimum atomic E-state index is 0.202. The van der Waals surface area contributed by atoms with E-state index in [1.807, 2.05) is 17.0 Å². The van der Waals surface area contributed by atoms with Crippen LogP contribution in [0.1, 0.15) is 35.5 Å². The molecule has 2 aromatic rings. The number of halogens is 1. The summed E-state index contributed by atoms with van der Waals surface area (Å²) < 4.78 is 0. The molecule has 0 saturated carbocycles. The van der Waals surface area contributed by atoms with Crippen molar-refractivity contribution in [3.8, 4) is 10.4 Å². The molecule has 0 radical (unpaired) electrons. The molecule has 2 nitrogen and oxygen atoms in total. The molecule has 0 N–H and O–H groups in total. The summed E-state index contributed by atoms with van der Waals surface area (Å²) in [5.74, 6) is 2.30. The van der Waals surface area contributed by atoms with Gasteiger partial charge in [-0.1, -0.05) is 31.5 Å². The van der Waals surface area contributed by atoms with E-state index in [1.54, 1.807) is 23.1 Å². The number of rotatable bonds is 1. The lowest BCUT2D eigenvalue weighted by Crippen LogP contribution is -2.42. The Hall–Kier alpha value is -0.970. The topological polar surface area (TPSA) is 20.3 Å². The van der Waals surface area contributed by atoms with Crippen LogP contribution in [0.5, 0.6) is 0 Å². The molecule has 1 aromatic heterocycles. The second-order valence-corrected chi connectivity index (χ2v) is 9.56. The summed E-state index contributed by atoms with van der Waals surface area (Å²) in [6, 6.07) is 8.15. The normalized spacial score (nSPS) is 22.9. The first kappa shape index (κ1) is 16.5. The van der Waals surface area contributed by atoms with Crippen LogP contribution < -0.4 is 0 Å². The Balaban J connectivity index is 1.65. The fourth-order valence-electron chi connectivity index (χ4n) is 3.81. The van der Waals surface area contributed by atoms with Crippen molar-refractivity contribution in [2.45, 2.75) is 30.9 Å². The highest BCUT2D eigenvalue weighted by Gasteiger charge is 2.29. The fourth-order valence-corrected chi connectivity index (χ4v) is 6.47. The van der Waals surface area contributed by atoms with Crippen molar-refractivity contribution in [1.82, 2.24) is 4.90 Å². The van der Waals surface area contributed by atoms with Crippen molar-refractivity contribution >= 4 is 40.6 Å². The Morgan fingerprint density at radius 3 is 2.71 bits per heavy atom. The molecule has 1 aromatic carbocycles. The molecule has 1 fully saturated rings. The second kappa shape index (κ2) is 6.40. The van der Waals surface area contributed by atoms with Crippen LogP contribution >= 0.6 is 34.7 Å². The highest BCUT2D eigenvalue weighted by molar-refractivity contribution is 7.98. The van der Waals surface area contributed by atoms with E-state index in [0.29, 0.717) is 11.8 Å². The van der Waals surface area contributed by atoms with Gasteiger partial charge in [0.2, 0.25) is 0 Å². The Kier molecular flexibility index (Phi) is 4.40. The molecule has 0 spiro atoms. The molecule has 0 unspecified atom stereocenters. The number of thioether (sulfide) groups is 1. The van der Waals surface area contributed by atoms with Crippen LogP contribution in [0.2, 0.25) is 5.02 Å². The van der Waals surface area contributed by atoms with E-state index in [0.717, 1.165) is 28.7 Å². The van der Waals surface area contributed by atoms with Crippen molar-refractivity contribution < 1.29 is 4.79 Å². The lowest BCUT2D eigenvalue weighted by molar-refractivity contribution is 0.0628. The zero-order valence-corrected chi connectivity index (χ0v) is 16.2. The first-order valence-corrected chi connectivity index (χ1v) is 10.5. The largest absolute Gasteiger partial charge is 0.337 e. The molecule has 4 rings (SSSR count). The summed E-state index contributed by atoms with van der Waals surface area (Å²) in [6.07, 6.45) is 1.22. The number of likely N-dealkylation sites (tertiary alicyclic amines) is 1. The number of hydrogen-bond acceptors (Lipinski definition) is 3. The van der Waals surface area contributed by atoms with Crippen LogP contribution in [0, 0.1) is 11.8 Å². The highest BCUT2D eigenvalue weighted by Crippen LogP contribution is 2.46. The number of nitrogens with zero attached hydrogens (tertiary/aromatic N) is 1.